The zero-order chi connectivity index (χ0) is 19.2. The molecule has 0 saturated carbocycles. The lowest BCUT2D eigenvalue weighted by Gasteiger charge is -2.34. The Morgan fingerprint density at radius 1 is 1.15 bits per heavy atom. The predicted molar refractivity (Wildman–Crippen MR) is 105 cm³/mol. The van der Waals surface area contributed by atoms with Crippen molar-refractivity contribution in [1.82, 2.24) is 9.80 Å². The van der Waals surface area contributed by atoms with Crippen LogP contribution in [0.25, 0.3) is 0 Å². The number of piperazine rings is 1. The van der Waals surface area contributed by atoms with E-state index in [1.165, 1.54) is 12.1 Å². The molecule has 27 heavy (non-hydrogen) atoms. The van der Waals surface area contributed by atoms with Crippen LogP contribution in [-0.4, -0.2) is 55.5 Å². The second-order valence-electron chi connectivity index (χ2n) is 6.57. The Hall–Kier alpha value is -2.15. The zero-order valence-electron chi connectivity index (χ0n) is 15.3. The second-order valence-corrected chi connectivity index (χ2v) is 7.00. The molecule has 1 aliphatic rings. The van der Waals surface area contributed by atoms with Crippen LogP contribution >= 0.6 is 11.6 Å². The Bertz CT molecular complexity index is 795. The molecule has 0 radical (unpaired) electrons. The number of carbonyl (C=O) groups excluding carboxylic acids is 1. The van der Waals surface area contributed by atoms with Gasteiger partial charge >= 0.3 is 0 Å². The quantitative estimate of drug-likeness (QED) is 0.821. The van der Waals surface area contributed by atoms with Crippen LogP contribution in [0.2, 0.25) is 5.02 Å². The first-order chi connectivity index (χ1) is 13.0. The van der Waals surface area contributed by atoms with Gasteiger partial charge < -0.3 is 10.1 Å². The Morgan fingerprint density at radius 2 is 1.89 bits per heavy atom. The van der Waals surface area contributed by atoms with Crippen LogP contribution < -0.4 is 10.1 Å². The van der Waals surface area contributed by atoms with Gasteiger partial charge in [0, 0.05) is 49.0 Å². The van der Waals surface area contributed by atoms with Crippen LogP contribution in [-0.2, 0) is 11.3 Å². The number of amides is 1. The van der Waals surface area contributed by atoms with Crippen molar-refractivity contribution in [3.8, 4) is 5.75 Å². The lowest BCUT2D eigenvalue weighted by Crippen LogP contribution is -2.48. The van der Waals surface area contributed by atoms with Crippen molar-refractivity contribution < 1.29 is 13.9 Å². The highest BCUT2D eigenvalue weighted by atomic mass is 35.5. The number of ether oxygens (including phenoxy) is 1. The Balaban J connectivity index is 1.47. The van der Waals surface area contributed by atoms with E-state index in [1.807, 2.05) is 18.2 Å². The fraction of sp³-hybridized carbons (Fsp3) is 0.350. The van der Waals surface area contributed by atoms with Gasteiger partial charge in [0.1, 0.15) is 11.6 Å². The van der Waals surface area contributed by atoms with E-state index in [4.69, 9.17) is 16.3 Å². The number of anilines is 1. The van der Waals surface area contributed by atoms with Gasteiger partial charge in [-0.05, 0) is 36.4 Å². The molecule has 3 rings (SSSR count). The maximum absolute atomic E-state index is 13.2. The Morgan fingerprint density at radius 3 is 2.59 bits per heavy atom. The van der Waals surface area contributed by atoms with E-state index in [0.717, 1.165) is 44.0 Å². The molecule has 1 amide bonds. The Kier molecular flexibility index (Phi) is 6.66. The van der Waals surface area contributed by atoms with E-state index in [9.17, 15) is 9.18 Å². The standard InChI is InChI=1S/C20H23ClFN3O2/c1-27-19-6-5-16(21)11-15(19)13-24-7-9-25(10-8-24)14-20(26)23-18-4-2-3-17(22)12-18/h2-6,11-12H,7-10,13-14H2,1H3,(H,23,26). The molecule has 1 saturated heterocycles. The van der Waals surface area contributed by atoms with Crippen molar-refractivity contribution >= 4 is 23.2 Å². The first kappa shape index (κ1) is 19.6. The SMILES string of the molecule is COc1ccc(Cl)cc1CN1CCN(CC(=O)Nc2cccc(F)c2)CC1. The summed E-state index contributed by atoms with van der Waals surface area (Å²) >= 11 is 6.10. The van der Waals surface area contributed by atoms with E-state index in [-0.39, 0.29) is 11.7 Å². The summed E-state index contributed by atoms with van der Waals surface area (Å²) in [6, 6.07) is 11.5. The zero-order valence-corrected chi connectivity index (χ0v) is 16.0. The monoisotopic (exact) mass is 391 g/mol. The van der Waals surface area contributed by atoms with Crippen molar-refractivity contribution in [1.29, 1.82) is 0 Å². The number of halogens is 2. The van der Waals surface area contributed by atoms with Crippen molar-refractivity contribution in [3.05, 3.63) is 58.9 Å². The number of methoxy groups -OCH3 is 1. The highest BCUT2D eigenvalue weighted by Crippen LogP contribution is 2.24. The van der Waals surface area contributed by atoms with Gasteiger partial charge in [0.05, 0.1) is 13.7 Å². The minimum Gasteiger partial charge on any atom is -0.496 e. The molecule has 1 aliphatic heterocycles. The van der Waals surface area contributed by atoms with Crippen molar-refractivity contribution in [2.45, 2.75) is 6.54 Å². The van der Waals surface area contributed by atoms with E-state index >= 15 is 0 Å². The van der Waals surface area contributed by atoms with Gasteiger partial charge in [-0.3, -0.25) is 14.6 Å². The van der Waals surface area contributed by atoms with Gasteiger partial charge in [0.2, 0.25) is 5.91 Å². The molecule has 0 aromatic heterocycles. The highest BCUT2D eigenvalue weighted by Gasteiger charge is 2.20. The molecule has 0 atom stereocenters. The molecular formula is C20H23ClFN3O2. The smallest absolute Gasteiger partial charge is 0.238 e. The molecular weight excluding hydrogens is 369 g/mol. The summed E-state index contributed by atoms with van der Waals surface area (Å²) in [6.45, 7) is 4.34. The first-order valence-corrected chi connectivity index (χ1v) is 9.24. The molecule has 144 valence electrons. The van der Waals surface area contributed by atoms with E-state index < -0.39 is 0 Å². The summed E-state index contributed by atoms with van der Waals surface area (Å²) in [6.07, 6.45) is 0. The molecule has 2 aromatic rings. The normalized spacial score (nSPS) is 15.5. The van der Waals surface area contributed by atoms with Crippen molar-refractivity contribution in [2.75, 3.05) is 45.2 Å². The van der Waals surface area contributed by atoms with Crippen molar-refractivity contribution in [3.63, 3.8) is 0 Å². The predicted octanol–water partition coefficient (Wildman–Crippen LogP) is 3.24. The first-order valence-electron chi connectivity index (χ1n) is 8.86. The lowest BCUT2D eigenvalue weighted by atomic mass is 10.1. The number of nitrogens with zero attached hydrogens (tertiary/aromatic N) is 2. The van der Waals surface area contributed by atoms with E-state index in [1.54, 1.807) is 19.2 Å². The lowest BCUT2D eigenvalue weighted by molar-refractivity contribution is -0.117. The minimum absolute atomic E-state index is 0.134. The van der Waals surface area contributed by atoms with Gasteiger partial charge in [-0.2, -0.15) is 0 Å². The van der Waals surface area contributed by atoms with E-state index in [0.29, 0.717) is 17.3 Å². The number of hydrogen-bond acceptors (Lipinski definition) is 4. The number of rotatable bonds is 6. The van der Waals surface area contributed by atoms with Gasteiger partial charge in [0.25, 0.3) is 0 Å². The summed E-state index contributed by atoms with van der Waals surface area (Å²) < 4.78 is 18.6. The fourth-order valence-electron chi connectivity index (χ4n) is 3.19. The number of hydrogen-bond donors (Lipinski definition) is 1. The summed E-state index contributed by atoms with van der Waals surface area (Å²) in [5.41, 5.74) is 1.54. The molecule has 2 aromatic carbocycles. The van der Waals surface area contributed by atoms with Crippen LogP contribution in [0.4, 0.5) is 10.1 Å². The summed E-state index contributed by atoms with van der Waals surface area (Å²) in [4.78, 5) is 16.6. The summed E-state index contributed by atoms with van der Waals surface area (Å²) in [5, 5.41) is 3.43. The third-order valence-electron chi connectivity index (χ3n) is 4.58. The molecule has 1 N–H and O–H groups in total. The third-order valence-corrected chi connectivity index (χ3v) is 4.81. The van der Waals surface area contributed by atoms with E-state index in [2.05, 4.69) is 15.1 Å². The molecule has 7 heteroatoms. The molecule has 1 fully saturated rings. The Labute approximate surface area is 163 Å². The summed E-state index contributed by atoms with van der Waals surface area (Å²) in [7, 11) is 1.65. The number of benzene rings is 2. The highest BCUT2D eigenvalue weighted by molar-refractivity contribution is 6.30. The second kappa shape index (κ2) is 9.17. The van der Waals surface area contributed by atoms with Crippen LogP contribution in [0.5, 0.6) is 5.75 Å². The average Bonchev–Trinajstić information content (AvgIpc) is 2.63. The van der Waals surface area contributed by atoms with Crippen LogP contribution in [0.3, 0.4) is 0 Å². The molecule has 5 nitrogen and oxygen atoms in total. The third kappa shape index (κ3) is 5.66. The van der Waals surface area contributed by atoms with Crippen LogP contribution in [0.15, 0.2) is 42.5 Å². The molecule has 0 aliphatic carbocycles. The fourth-order valence-corrected chi connectivity index (χ4v) is 3.38. The van der Waals surface area contributed by atoms with Gasteiger partial charge in [-0.1, -0.05) is 17.7 Å². The number of carbonyl (C=O) groups is 1. The van der Waals surface area contributed by atoms with Gasteiger partial charge in [0.15, 0.2) is 0 Å². The van der Waals surface area contributed by atoms with Crippen molar-refractivity contribution in [2.24, 2.45) is 0 Å². The molecule has 1 heterocycles. The average molecular weight is 392 g/mol. The van der Waals surface area contributed by atoms with Crippen LogP contribution in [0.1, 0.15) is 5.56 Å². The largest absolute Gasteiger partial charge is 0.496 e. The van der Waals surface area contributed by atoms with Crippen LogP contribution in [0, 0.1) is 5.82 Å². The van der Waals surface area contributed by atoms with Gasteiger partial charge in [-0.15, -0.1) is 0 Å². The molecule has 0 bridgehead atoms. The minimum atomic E-state index is -0.363. The maximum Gasteiger partial charge on any atom is 0.238 e. The molecule has 0 unspecified atom stereocenters. The summed E-state index contributed by atoms with van der Waals surface area (Å²) in [5.74, 6) is 0.333. The van der Waals surface area contributed by atoms with Gasteiger partial charge in [-0.25, -0.2) is 4.39 Å². The number of nitrogens with one attached hydrogen (secondary N) is 1. The topological polar surface area (TPSA) is 44.8 Å². The maximum atomic E-state index is 13.2. The molecule has 0 spiro atoms.